The number of hydrogen-bond donors (Lipinski definition) is 1. The van der Waals surface area contributed by atoms with Gasteiger partial charge in [0.25, 0.3) is 0 Å². The van der Waals surface area contributed by atoms with Gasteiger partial charge in [0, 0.05) is 44.2 Å². The largest absolute Gasteiger partial charge is 0.383 e. The first-order chi connectivity index (χ1) is 8.31. The first-order valence-corrected chi connectivity index (χ1v) is 7.18. The van der Waals surface area contributed by atoms with Crippen LogP contribution in [0.25, 0.3) is 0 Å². The summed E-state index contributed by atoms with van der Waals surface area (Å²) < 4.78 is 5.03. The number of ether oxygens (including phenoxy) is 1. The Bertz CT molecular complexity index is 340. The fraction of sp³-hybridized carbons (Fsp3) is 0.692. The van der Waals surface area contributed by atoms with Crippen molar-refractivity contribution in [2.45, 2.75) is 25.9 Å². The van der Waals surface area contributed by atoms with Crippen LogP contribution in [0.2, 0.25) is 0 Å². The van der Waals surface area contributed by atoms with Crippen LogP contribution < -0.4 is 5.32 Å². The van der Waals surface area contributed by atoms with Gasteiger partial charge in [-0.3, -0.25) is 4.90 Å². The maximum absolute atomic E-state index is 5.03. The highest BCUT2D eigenvalue weighted by Gasteiger charge is 2.20. The quantitative estimate of drug-likeness (QED) is 0.783. The van der Waals surface area contributed by atoms with Crippen LogP contribution in [0.15, 0.2) is 11.4 Å². The molecule has 1 aliphatic heterocycles. The highest BCUT2D eigenvalue weighted by molar-refractivity contribution is 7.10. The minimum atomic E-state index is 0.597. The molecule has 0 radical (unpaired) electrons. The molecular formula is C13H22N2OS. The minimum Gasteiger partial charge on any atom is -0.383 e. The Morgan fingerprint density at radius 3 is 3.29 bits per heavy atom. The Morgan fingerprint density at radius 2 is 2.47 bits per heavy atom. The van der Waals surface area contributed by atoms with E-state index in [4.69, 9.17) is 4.74 Å². The zero-order chi connectivity index (χ0) is 12.1. The van der Waals surface area contributed by atoms with E-state index in [0.29, 0.717) is 6.04 Å². The molecule has 1 aromatic rings. The summed E-state index contributed by atoms with van der Waals surface area (Å²) in [5.41, 5.74) is 1.53. The van der Waals surface area contributed by atoms with Crippen LogP contribution in [-0.4, -0.2) is 44.3 Å². The van der Waals surface area contributed by atoms with Crippen molar-refractivity contribution in [1.82, 2.24) is 10.2 Å². The monoisotopic (exact) mass is 254 g/mol. The maximum Gasteiger partial charge on any atom is 0.0587 e. The van der Waals surface area contributed by atoms with Gasteiger partial charge in [-0.05, 0) is 30.4 Å². The van der Waals surface area contributed by atoms with E-state index in [9.17, 15) is 0 Å². The van der Waals surface area contributed by atoms with Crippen molar-refractivity contribution in [3.63, 3.8) is 0 Å². The number of thiophene rings is 1. The summed E-state index contributed by atoms with van der Waals surface area (Å²) in [4.78, 5) is 4.15. The van der Waals surface area contributed by atoms with Crippen molar-refractivity contribution < 1.29 is 4.74 Å². The van der Waals surface area contributed by atoms with Crippen LogP contribution in [0.4, 0.5) is 0 Å². The minimum absolute atomic E-state index is 0.597. The average Bonchev–Trinajstić information content (AvgIpc) is 2.81. The van der Waals surface area contributed by atoms with E-state index in [-0.39, 0.29) is 0 Å². The molecule has 1 atom stereocenters. The van der Waals surface area contributed by atoms with Crippen LogP contribution in [-0.2, 0) is 17.7 Å². The van der Waals surface area contributed by atoms with Gasteiger partial charge >= 0.3 is 0 Å². The summed E-state index contributed by atoms with van der Waals surface area (Å²) in [5, 5.41) is 5.66. The molecule has 0 saturated carbocycles. The Hall–Kier alpha value is -0.420. The fourth-order valence-corrected chi connectivity index (χ4v) is 3.15. The molecule has 1 unspecified atom stereocenters. The number of nitrogens with one attached hydrogen (secondary N) is 1. The molecule has 1 N–H and O–H groups in total. The molecule has 2 rings (SSSR count). The topological polar surface area (TPSA) is 24.5 Å². The van der Waals surface area contributed by atoms with Gasteiger partial charge in [0.15, 0.2) is 0 Å². The van der Waals surface area contributed by atoms with E-state index >= 15 is 0 Å². The lowest BCUT2D eigenvalue weighted by molar-refractivity contribution is 0.174. The van der Waals surface area contributed by atoms with Crippen molar-refractivity contribution in [2.24, 2.45) is 0 Å². The van der Waals surface area contributed by atoms with Gasteiger partial charge in [-0.15, -0.1) is 11.3 Å². The third kappa shape index (κ3) is 3.52. The number of rotatable bonds is 6. The van der Waals surface area contributed by atoms with E-state index < -0.39 is 0 Å². The summed E-state index contributed by atoms with van der Waals surface area (Å²) >= 11 is 1.90. The van der Waals surface area contributed by atoms with Gasteiger partial charge in [0.05, 0.1) is 6.61 Å². The molecule has 0 bridgehead atoms. The molecule has 3 nitrogen and oxygen atoms in total. The SMILES string of the molecule is COCCNCC(C)N1CCc2sccc2C1. The molecule has 0 fully saturated rings. The molecule has 0 amide bonds. The van der Waals surface area contributed by atoms with Crippen LogP contribution >= 0.6 is 11.3 Å². The van der Waals surface area contributed by atoms with E-state index in [1.54, 1.807) is 12.0 Å². The van der Waals surface area contributed by atoms with E-state index in [1.807, 2.05) is 11.3 Å². The Kier molecular flexibility index (Phi) is 4.98. The molecule has 1 aliphatic rings. The molecule has 17 heavy (non-hydrogen) atoms. The Labute approximate surface area is 108 Å². The van der Waals surface area contributed by atoms with Crippen molar-refractivity contribution in [3.05, 3.63) is 21.9 Å². The lowest BCUT2D eigenvalue weighted by Gasteiger charge is -2.32. The van der Waals surface area contributed by atoms with Crippen LogP contribution in [0.3, 0.4) is 0 Å². The smallest absolute Gasteiger partial charge is 0.0587 e. The number of nitrogens with zero attached hydrogens (tertiary/aromatic N) is 1. The second-order valence-corrected chi connectivity index (χ2v) is 5.64. The molecule has 0 aliphatic carbocycles. The summed E-state index contributed by atoms with van der Waals surface area (Å²) in [5.74, 6) is 0. The van der Waals surface area contributed by atoms with Gasteiger partial charge in [-0.25, -0.2) is 0 Å². The lowest BCUT2D eigenvalue weighted by Crippen LogP contribution is -2.43. The van der Waals surface area contributed by atoms with Gasteiger partial charge in [-0.2, -0.15) is 0 Å². The van der Waals surface area contributed by atoms with Gasteiger partial charge in [0.2, 0.25) is 0 Å². The molecule has 0 spiro atoms. The van der Waals surface area contributed by atoms with E-state index in [2.05, 4.69) is 28.6 Å². The van der Waals surface area contributed by atoms with Crippen molar-refractivity contribution in [1.29, 1.82) is 0 Å². The lowest BCUT2D eigenvalue weighted by atomic mass is 10.1. The first kappa shape index (κ1) is 13.0. The van der Waals surface area contributed by atoms with Crippen LogP contribution in [0.5, 0.6) is 0 Å². The Balaban J connectivity index is 1.76. The maximum atomic E-state index is 5.03. The van der Waals surface area contributed by atoms with Gasteiger partial charge in [-0.1, -0.05) is 0 Å². The van der Waals surface area contributed by atoms with E-state index in [1.165, 1.54) is 18.5 Å². The highest BCUT2D eigenvalue weighted by Crippen LogP contribution is 2.24. The predicted octanol–water partition coefficient (Wildman–Crippen LogP) is 1.73. The van der Waals surface area contributed by atoms with Crippen molar-refractivity contribution >= 4 is 11.3 Å². The Morgan fingerprint density at radius 1 is 1.59 bits per heavy atom. The normalized spacial score (nSPS) is 18.0. The second kappa shape index (κ2) is 6.50. The molecule has 1 aromatic heterocycles. The van der Waals surface area contributed by atoms with Gasteiger partial charge in [0.1, 0.15) is 0 Å². The zero-order valence-electron chi connectivity index (χ0n) is 10.7. The predicted molar refractivity (Wildman–Crippen MR) is 72.6 cm³/mol. The number of hydrogen-bond acceptors (Lipinski definition) is 4. The molecule has 4 heteroatoms. The van der Waals surface area contributed by atoms with Crippen molar-refractivity contribution in [2.75, 3.05) is 33.4 Å². The standard InChI is InChI=1S/C13H22N2OS/c1-11(9-14-5-7-16-2)15-6-3-13-12(10-15)4-8-17-13/h4,8,11,14H,3,5-7,9-10H2,1-2H3. The summed E-state index contributed by atoms with van der Waals surface area (Å²) in [6.45, 7) is 7.40. The molecular weight excluding hydrogens is 232 g/mol. The summed E-state index contributed by atoms with van der Waals surface area (Å²) in [6, 6.07) is 2.87. The highest BCUT2D eigenvalue weighted by atomic mass is 32.1. The van der Waals surface area contributed by atoms with Crippen molar-refractivity contribution in [3.8, 4) is 0 Å². The number of methoxy groups -OCH3 is 1. The third-order valence-electron chi connectivity index (χ3n) is 3.38. The van der Waals surface area contributed by atoms with Gasteiger partial charge < -0.3 is 10.1 Å². The zero-order valence-corrected chi connectivity index (χ0v) is 11.6. The number of fused-ring (bicyclic) bond motifs is 1. The molecule has 2 heterocycles. The second-order valence-electron chi connectivity index (χ2n) is 4.64. The van der Waals surface area contributed by atoms with E-state index in [0.717, 1.165) is 26.2 Å². The molecule has 0 aromatic carbocycles. The summed E-state index contributed by atoms with van der Waals surface area (Å²) in [6.07, 6.45) is 1.22. The van der Waals surface area contributed by atoms with Crippen LogP contribution in [0, 0.1) is 0 Å². The summed E-state index contributed by atoms with van der Waals surface area (Å²) in [7, 11) is 1.74. The van der Waals surface area contributed by atoms with Crippen LogP contribution in [0.1, 0.15) is 17.4 Å². The first-order valence-electron chi connectivity index (χ1n) is 6.30. The fourth-order valence-electron chi connectivity index (χ4n) is 2.26. The average molecular weight is 254 g/mol. The third-order valence-corrected chi connectivity index (χ3v) is 4.41. The molecule has 96 valence electrons. The molecule has 0 saturated heterocycles.